The van der Waals surface area contributed by atoms with Crippen LogP contribution in [0.4, 0.5) is 0 Å². The summed E-state index contributed by atoms with van der Waals surface area (Å²) in [6, 6.07) is 18.9. The first-order valence-electron chi connectivity index (χ1n) is 11.1. The second-order valence-electron chi connectivity index (χ2n) is 9.04. The Kier molecular flexibility index (Phi) is 6.04. The van der Waals surface area contributed by atoms with E-state index in [2.05, 4.69) is 57.8 Å². The van der Waals surface area contributed by atoms with Crippen molar-refractivity contribution in [2.24, 2.45) is 5.41 Å². The van der Waals surface area contributed by atoms with E-state index in [0.717, 1.165) is 37.4 Å². The minimum Gasteiger partial charge on any atom is -0.379 e. The first kappa shape index (κ1) is 21.2. The largest absolute Gasteiger partial charge is 0.379 e. The van der Waals surface area contributed by atoms with E-state index in [9.17, 15) is 4.79 Å². The van der Waals surface area contributed by atoms with E-state index in [-0.39, 0.29) is 17.4 Å². The molecule has 2 saturated heterocycles. The molecule has 0 N–H and O–H groups in total. The summed E-state index contributed by atoms with van der Waals surface area (Å²) in [7, 11) is 0. The molecule has 1 spiro atoms. The Morgan fingerprint density at radius 1 is 1.12 bits per heavy atom. The highest BCUT2D eigenvalue weighted by Crippen LogP contribution is 2.38. The van der Waals surface area contributed by atoms with Gasteiger partial charge in [-0.2, -0.15) is 0 Å². The third-order valence-corrected chi connectivity index (χ3v) is 7.14. The molecule has 5 rings (SSSR count). The van der Waals surface area contributed by atoms with Crippen molar-refractivity contribution in [3.05, 3.63) is 71.1 Å². The van der Waals surface area contributed by atoms with Crippen LogP contribution in [-0.4, -0.2) is 58.1 Å². The van der Waals surface area contributed by atoms with Crippen molar-refractivity contribution >= 4 is 17.4 Å². The predicted molar refractivity (Wildman–Crippen MR) is 125 cm³/mol. The molecule has 2 aliphatic heterocycles. The lowest BCUT2D eigenvalue weighted by Crippen LogP contribution is -2.40. The van der Waals surface area contributed by atoms with Gasteiger partial charge in [0, 0.05) is 49.0 Å². The fourth-order valence-corrected chi connectivity index (χ4v) is 5.41. The zero-order valence-electron chi connectivity index (χ0n) is 18.3. The number of hydrogen-bond acceptors (Lipinski definition) is 6. The van der Waals surface area contributed by atoms with E-state index in [1.165, 1.54) is 22.7 Å². The molecule has 2 aromatic carbocycles. The van der Waals surface area contributed by atoms with Crippen LogP contribution in [0.25, 0.3) is 11.3 Å². The number of ether oxygens (including phenoxy) is 1. The van der Waals surface area contributed by atoms with Gasteiger partial charge in [0.15, 0.2) is 0 Å². The molecule has 0 saturated carbocycles. The molecule has 166 valence electrons. The van der Waals surface area contributed by atoms with Crippen LogP contribution in [0.15, 0.2) is 60.0 Å². The van der Waals surface area contributed by atoms with E-state index >= 15 is 0 Å². The van der Waals surface area contributed by atoms with Crippen molar-refractivity contribution in [3.63, 3.8) is 0 Å². The van der Waals surface area contributed by atoms with E-state index in [4.69, 9.17) is 4.74 Å². The molecule has 2 atom stereocenters. The van der Waals surface area contributed by atoms with Crippen molar-refractivity contribution in [2.45, 2.75) is 25.9 Å². The number of amides is 1. The number of rotatable bonds is 5. The molecule has 32 heavy (non-hydrogen) atoms. The Hall–Kier alpha value is -2.61. The summed E-state index contributed by atoms with van der Waals surface area (Å²) in [6.07, 6.45) is 0.552. The third kappa shape index (κ3) is 4.46. The smallest absolute Gasteiger partial charge is 0.223 e. The zero-order chi connectivity index (χ0) is 22.0. The maximum atomic E-state index is 13.0. The lowest BCUT2D eigenvalue weighted by atomic mass is 9.87. The minimum absolute atomic E-state index is 0.0764. The van der Waals surface area contributed by atoms with Gasteiger partial charge in [-0.1, -0.05) is 59.1 Å². The summed E-state index contributed by atoms with van der Waals surface area (Å²) < 4.78 is 9.96. The lowest BCUT2D eigenvalue weighted by Gasteiger charge is -2.33. The number of nitrogens with zero attached hydrogens (tertiary/aromatic N) is 4. The average Bonchev–Trinajstić information content (AvgIpc) is 3.41. The highest BCUT2D eigenvalue weighted by atomic mass is 32.1. The quantitative estimate of drug-likeness (QED) is 0.590. The van der Waals surface area contributed by atoms with Crippen molar-refractivity contribution in [2.75, 3.05) is 32.8 Å². The molecule has 1 aromatic heterocycles. The summed E-state index contributed by atoms with van der Waals surface area (Å²) in [4.78, 5) is 17.5. The molecule has 6 nitrogen and oxygen atoms in total. The van der Waals surface area contributed by atoms with Gasteiger partial charge in [-0.05, 0) is 29.6 Å². The van der Waals surface area contributed by atoms with Gasteiger partial charge < -0.3 is 9.64 Å². The maximum absolute atomic E-state index is 13.0. The second-order valence-corrected chi connectivity index (χ2v) is 9.65. The molecule has 0 unspecified atom stereocenters. The predicted octanol–water partition coefficient (Wildman–Crippen LogP) is 4.02. The van der Waals surface area contributed by atoms with E-state index < -0.39 is 0 Å². The monoisotopic (exact) mass is 448 g/mol. The van der Waals surface area contributed by atoms with Gasteiger partial charge in [0.2, 0.25) is 5.91 Å². The van der Waals surface area contributed by atoms with Crippen molar-refractivity contribution in [1.29, 1.82) is 0 Å². The highest BCUT2D eigenvalue weighted by molar-refractivity contribution is 7.03. The Balaban J connectivity index is 1.28. The average molecular weight is 449 g/mol. The molecule has 0 bridgehead atoms. The van der Waals surface area contributed by atoms with Gasteiger partial charge in [-0.15, -0.1) is 5.10 Å². The van der Waals surface area contributed by atoms with Crippen molar-refractivity contribution in [3.8, 4) is 11.3 Å². The molecule has 3 heterocycles. The molecule has 0 aliphatic carbocycles. The summed E-state index contributed by atoms with van der Waals surface area (Å²) in [5.41, 5.74) is 4.29. The zero-order valence-corrected chi connectivity index (χ0v) is 19.1. The number of hydrogen-bond donors (Lipinski definition) is 0. The van der Waals surface area contributed by atoms with E-state index in [1.54, 1.807) is 0 Å². The Labute approximate surface area is 193 Å². The minimum atomic E-state index is -0.150. The van der Waals surface area contributed by atoms with Crippen LogP contribution in [0, 0.1) is 5.41 Å². The fourth-order valence-electron chi connectivity index (χ4n) is 4.94. The van der Waals surface area contributed by atoms with Crippen LogP contribution in [0.2, 0.25) is 0 Å². The Morgan fingerprint density at radius 3 is 2.69 bits per heavy atom. The van der Waals surface area contributed by atoms with Gasteiger partial charge in [0.25, 0.3) is 0 Å². The molecule has 2 aliphatic rings. The third-order valence-electron chi connectivity index (χ3n) is 6.64. The van der Waals surface area contributed by atoms with Crippen LogP contribution in [0.5, 0.6) is 0 Å². The number of benzene rings is 2. The highest BCUT2D eigenvalue weighted by Gasteiger charge is 2.46. The molecular weight excluding hydrogens is 420 g/mol. The van der Waals surface area contributed by atoms with Crippen LogP contribution >= 0.6 is 11.5 Å². The Bertz CT molecular complexity index is 1040. The summed E-state index contributed by atoms with van der Waals surface area (Å²) in [6.45, 7) is 6.81. The van der Waals surface area contributed by atoms with Crippen molar-refractivity contribution in [1.82, 2.24) is 19.4 Å². The first-order valence-corrected chi connectivity index (χ1v) is 12.0. The molecule has 3 aromatic rings. The normalized spacial score (nSPS) is 22.9. The number of carbonyl (C=O) groups is 1. The van der Waals surface area contributed by atoms with E-state index in [0.29, 0.717) is 19.6 Å². The fraction of sp³-hybridized carbons (Fsp3) is 0.400. The summed E-state index contributed by atoms with van der Waals surface area (Å²) in [5.74, 6) is 0.230. The number of aromatic nitrogens is 2. The van der Waals surface area contributed by atoms with E-state index in [1.807, 2.05) is 28.5 Å². The summed E-state index contributed by atoms with van der Waals surface area (Å²) >= 11 is 1.37. The van der Waals surface area contributed by atoms with Crippen LogP contribution < -0.4 is 0 Å². The maximum Gasteiger partial charge on any atom is 0.223 e. The standard InChI is InChI=1S/C25H28N4O2S/c1-19(21-5-3-2-4-6-21)29-17-25(13-24(29)30)16-28(11-12-31-18-25)14-20-7-9-22(10-8-20)23-15-32-27-26-23/h2-10,15,19H,11-14,16-18H2,1H3/t19-,25-/m1/s1. The second kappa shape index (κ2) is 9.10. The summed E-state index contributed by atoms with van der Waals surface area (Å²) in [5, 5.41) is 6.11. The van der Waals surface area contributed by atoms with Crippen molar-refractivity contribution < 1.29 is 9.53 Å². The first-order chi connectivity index (χ1) is 15.6. The Morgan fingerprint density at radius 2 is 1.94 bits per heavy atom. The van der Waals surface area contributed by atoms with Crippen LogP contribution in [-0.2, 0) is 16.1 Å². The molecule has 2 fully saturated rings. The SMILES string of the molecule is C[C@H](c1ccccc1)N1C[C@@]2(COCCN(Cc3ccc(-c4csnn4)cc3)C2)CC1=O. The molecular formula is C25H28N4O2S. The topological polar surface area (TPSA) is 58.6 Å². The molecule has 0 radical (unpaired) electrons. The van der Waals surface area contributed by atoms with Gasteiger partial charge >= 0.3 is 0 Å². The van der Waals surface area contributed by atoms with Gasteiger partial charge in [-0.3, -0.25) is 9.69 Å². The van der Waals surface area contributed by atoms with Gasteiger partial charge in [0.05, 0.1) is 19.3 Å². The molecule has 7 heteroatoms. The van der Waals surface area contributed by atoms with Gasteiger partial charge in [0.1, 0.15) is 5.69 Å². The van der Waals surface area contributed by atoms with Crippen LogP contribution in [0.3, 0.4) is 0 Å². The number of carbonyl (C=O) groups excluding carboxylic acids is 1. The number of likely N-dealkylation sites (tertiary alicyclic amines) is 1. The van der Waals surface area contributed by atoms with Gasteiger partial charge in [-0.25, -0.2) is 0 Å². The van der Waals surface area contributed by atoms with Crippen LogP contribution in [0.1, 0.15) is 30.5 Å². The molecule has 1 amide bonds. The lowest BCUT2D eigenvalue weighted by molar-refractivity contribution is -0.129.